The third-order valence-electron chi connectivity index (χ3n) is 9.08. The van der Waals surface area contributed by atoms with Crippen molar-refractivity contribution in [3.8, 4) is 0 Å². The van der Waals surface area contributed by atoms with Gasteiger partial charge in [-0.3, -0.25) is 4.79 Å². The molecule has 4 nitrogen and oxygen atoms in total. The van der Waals surface area contributed by atoms with Crippen LogP contribution in [0.1, 0.15) is 56.9 Å². The Morgan fingerprint density at radius 1 is 1.21 bits per heavy atom. The summed E-state index contributed by atoms with van der Waals surface area (Å²) in [6.07, 6.45) is 9.63. The van der Waals surface area contributed by atoms with Crippen LogP contribution in [0, 0.1) is 36.0 Å². The van der Waals surface area contributed by atoms with Gasteiger partial charge in [-0.1, -0.05) is 12.1 Å². The molecule has 3 bridgehead atoms. The van der Waals surface area contributed by atoms with Gasteiger partial charge in [-0.05, 0) is 98.7 Å². The predicted molar refractivity (Wildman–Crippen MR) is 113 cm³/mol. The molecule has 1 saturated heterocycles. The highest BCUT2D eigenvalue weighted by Crippen LogP contribution is 2.77. The number of carbonyl (C=O) groups excluding carboxylic acids is 1. The summed E-state index contributed by atoms with van der Waals surface area (Å²) >= 11 is 0. The molecule has 0 aromatic heterocycles. The zero-order chi connectivity index (χ0) is 19.8. The SMILES string of the molecule is Cc1cccc(S(=O)N2CCC(CC(=O)NC34C[C@@H]5C[C@@H]6C[C@H](C3)C4(C6)C5)C2)c1. The lowest BCUT2D eigenvalue weighted by molar-refractivity contribution is -0.132. The van der Waals surface area contributed by atoms with Gasteiger partial charge in [0.1, 0.15) is 11.0 Å². The van der Waals surface area contributed by atoms with E-state index >= 15 is 0 Å². The van der Waals surface area contributed by atoms with Crippen molar-refractivity contribution in [2.24, 2.45) is 29.1 Å². The van der Waals surface area contributed by atoms with Gasteiger partial charge in [-0.2, -0.15) is 0 Å². The number of aryl methyl sites for hydroxylation is 1. The van der Waals surface area contributed by atoms with Crippen molar-refractivity contribution in [1.82, 2.24) is 9.62 Å². The van der Waals surface area contributed by atoms with Gasteiger partial charge in [0.2, 0.25) is 5.91 Å². The van der Waals surface area contributed by atoms with E-state index in [4.69, 9.17) is 0 Å². The van der Waals surface area contributed by atoms with E-state index in [1.807, 2.05) is 35.5 Å². The Kier molecular flexibility index (Phi) is 4.10. The number of carbonyl (C=O) groups is 1. The molecule has 4 aliphatic carbocycles. The molecule has 29 heavy (non-hydrogen) atoms. The number of amides is 1. The first-order chi connectivity index (χ1) is 14.0. The summed E-state index contributed by atoms with van der Waals surface area (Å²) in [7, 11) is -1.11. The Morgan fingerprint density at radius 3 is 2.93 bits per heavy atom. The van der Waals surface area contributed by atoms with Crippen LogP contribution in [-0.2, 0) is 15.8 Å². The Hall–Kier alpha value is -1.20. The molecular weight excluding hydrogens is 380 g/mol. The van der Waals surface area contributed by atoms with Gasteiger partial charge in [-0.15, -0.1) is 0 Å². The number of nitrogens with one attached hydrogen (secondary N) is 1. The van der Waals surface area contributed by atoms with E-state index in [0.717, 1.165) is 47.7 Å². The van der Waals surface area contributed by atoms with Crippen LogP contribution in [0.5, 0.6) is 0 Å². The maximum Gasteiger partial charge on any atom is 0.220 e. The van der Waals surface area contributed by atoms with E-state index in [1.165, 1.54) is 38.5 Å². The monoisotopic (exact) mass is 412 g/mol. The van der Waals surface area contributed by atoms with Gasteiger partial charge < -0.3 is 5.32 Å². The average molecular weight is 413 g/mol. The minimum absolute atomic E-state index is 0.132. The molecule has 5 fully saturated rings. The summed E-state index contributed by atoms with van der Waals surface area (Å²) in [6, 6.07) is 7.96. The number of hydrogen-bond acceptors (Lipinski definition) is 2. The Bertz CT molecular complexity index is 881. The van der Waals surface area contributed by atoms with Crippen molar-refractivity contribution in [2.45, 2.75) is 68.7 Å². The van der Waals surface area contributed by atoms with Crippen LogP contribution in [0.25, 0.3) is 0 Å². The van der Waals surface area contributed by atoms with Crippen molar-refractivity contribution in [3.05, 3.63) is 29.8 Å². The molecule has 1 aromatic carbocycles. The molecule has 1 amide bonds. The normalized spacial score (nSPS) is 43.2. The van der Waals surface area contributed by atoms with E-state index < -0.39 is 11.0 Å². The van der Waals surface area contributed by atoms with Crippen LogP contribution in [0.4, 0.5) is 0 Å². The number of hydrogen-bond donors (Lipinski definition) is 1. The highest BCUT2D eigenvalue weighted by Gasteiger charge is 2.74. The van der Waals surface area contributed by atoms with E-state index in [0.29, 0.717) is 17.8 Å². The molecule has 1 N–H and O–H groups in total. The maximum absolute atomic E-state index is 13.0. The summed E-state index contributed by atoms with van der Waals surface area (Å²) in [4.78, 5) is 13.9. The van der Waals surface area contributed by atoms with Crippen LogP contribution in [-0.4, -0.2) is 33.0 Å². The smallest absolute Gasteiger partial charge is 0.220 e. The lowest BCUT2D eigenvalue weighted by atomic mass is 9.51. The summed E-state index contributed by atoms with van der Waals surface area (Å²) < 4.78 is 15.0. The fraction of sp³-hybridized carbons (Fsp3) is 0.708. The summed E-state index contributed by atoms with van der Waals surface area (Å²) in [5, 5.41) is 3.59. The zero-order valence-corrected chi connectivity index (χ0v) is 18.2. The second kappa shape index (κ2) is 6.40. The van der Waals surface area contributed by atoms with E-state index in [9.17, 15) is 9.00 Å². The molecule has 6 rings (SSSR count). The third-order valence-corrected chi connectivity index (χ3v) is 10.5. The zero-order valence-electron chi connectivity index (χ0n) is 17.4. The second-order valence-electron chi connectivity index (χ2n) is 10.8. The van der Waals surface area contributed by atoms with E-state index in [1.54, 1.807) is 0 Å². The second-order valence-corrected chi connectivity index (χ2v) is 12.3. The van der Waals surface area contributed by atoms with Gasteiger partial charge in [0, 0.05) is 25.0 Å². The number of benzene rings is 1. The largest absolute Gasteiger partial charge is 0.350 e. The van der Waals surface area contributed by atoms with Gasteiger partial charge in [0.25, 0.3) is 0 Å². The van der Waals surface area contributed by atoms with Crippen molar-refractivity contribution in [3.63, 3.8) is 0 Å². The van der Waals surface area contributed by atoms with Crippen LogP contribution >= 0.6 is 0 Å². The minimum atomic E-state index is -1.11. The quantitative estimate of drug-likeness (QED) is 0.799. The molecule has 5 aliphatic rings. The molecule has 7 atom stereocenters. The molecule has 1 aromatic rings. The van der Waals surface area contributed by atoms with Crippen LogP contribution in [0.3, 0.4) is 0 Å². The lowest BCUT2D eigenvalue weighted by Gasteiger charge is -2.59. The van der Waals surface area contributed by atoms with Gasteiger partial charge >= 0.3 is 0 Å². The summed E-state index contributed by atoms with van der Waals surface area (Å²) in [6.45, 7) is 3.62. The molecule has 4 unspecified atom stereocenters. The Morgan fingerprint density at radius 2 is 2.07 bits per heavy atom. The lowest BCUT2D eigenvalue weighted by Crippen LogP contribution is -2.67. The average Bonchev–Trinajstić information content (AvgIpc) is 3.26. The standard InChI is InChI=1S/C24H32N2O2S/c1-16-3-2-4-21(7-16)29(28)26-6-5-17(15-26)10-22(27)25-24-13-19-8-18-9-20(14-24)23(24,11-18)12-19/h2-4,7,17-20H,5-6,8-15H2,1H3,(H,25,27)/t17?,18-,19-,20-,23?,24?,29?/m1/s1. The van der Waals surface area contributed by atoms with E-state index in [2.05, 4.69) is 5.32 Å². The molecule has 0 radical (unpaired) electrons. The highest BCUT2D eigenvalue weighted by molar-refractivity contribution is 7.82. The molecule has 1 aliphatic heterocycles. The van der Waals surface area contributed by atoms with Crippen molar-refractivity contribution in [1.29, 1.82) is 0 Å². The number of rotatable bonds is 5. The minimum Gasteiger partial charge on any atom is -0.350 e. The highest BCUT2D eigenvalue weighted by atomic mass is 32.2. The summed E-state index contributed by atoms with van der Waals surface area (Å²) in [5.74, 6) is 3.27. The molecule has 156 valence electrons. The predicted octanol–water partition coefficient (Wildman–Crippen LogP) is 3.81. The fourth-order valence-corrected chi connectivity index (χ4v) is 9.57. The molecular formula is C24H32N2O2S. The van der Waals surface area contributed by atoms with Crippen molar-refractivity contribution < 1.29 is 9.00 Å². The van der Waals surface area contributed by atoms with E-state index in [-0.39, 0.29) is 11.4 Å². The molecule has 4 saturated carbocycles. The van der Waals surface area contributed by atoms with Gasteiger partial charge in [0.05, 0.1) is 4.90 Å². The van der Waals surface area contributed by atoms with Crippen LogP contribution < -0.4 is 5.32 Å². The first kappa shape index (κ1) is 18.6. The van der Waals surface area contributed by atoms with Gasteiger partial charge in [-0.25, -0.2) is 8.51 Å². The topological polar surface area (TPSA) is 49.4 Å². The molecule has 5 heteroatoms. The Labute approximate surface area is 176 Å². The van der Waals surface area contributed by atoms with Crippen LogP contribution in [0.2, 0.25) is 0 Å². The fourth-order valence-electron chi connectivity index (χ4n) is 8.17. The third kappa shape index (κ3) is 2.72. The first-order valence-electron chi connectivity index (χ1n) is 11.5. The van der Waals surface area contributed by atoms with Crippen molar-refractivity contribution in [2.75, 3.05) is 13.1 Å². The number of nitrogens with zero attached hydrogens (tertiary/aromatic N) is 1. The van der Waals surface area contributed by atoms with Crippen molar-refractivity contribution >= 4 is 16.9 Å². The maximum atomic E-state index is 13.0. The van der Waals surface area contributed by atoms with Gasteiger partial charge in [0.15, 0.2) is 0 Å². The Balaban J connectivity index is 1.08. The van der Waals surface area contributed by atoms with Crippen LogP contribution in [0.15, 0.2) is 29.2 Å². The molecule has 1 heterocycles. The molecule has 1 spiro atoms. The first-order valence-corrected chi connectivity index (χ1v) is 12.6. The summed E-state index contributed by atoms with van der Waals surface area (Å²) in [5.41, 5.74) is 1.73. The number of fused-ring (bicyclic) bond motifs is 2.